The molecule has 0 spiro atoms. The highest BCUT2D eigenvalue weighted by atomic mass is 16.5. The topological polar surface area (TPSA) is 42.5 Å². The summed E-state index contributed by atoms with van der Waals surface area (Å²) in [6, 6.07) is 17.7. The number of anilines is 2. The molecule has 0 bridgehead atoms. The van der Waals surface area contributed by atoms with Crippen LogP contribution in [0.3, 0.4) is 0 Å². The van der Waals surface area contributed by atoms with Gasteiger partial charge in [-0.1, -0.05) is 38.5 Å². The first-order chi connectivity index (χ1) is 15.8. The van der Waals surface area contributed by atoms with Crippen LogP contribution in [0.25, 0.3) is 0 Å². The van der Waals surface area contributed by atoms with Crippen molar-refractivity contribution in [3.05, 3.63) is 48.5 Å². The third-order valence-corrected chi connectivity index (χ3v) is 7.55. The highest BCUT2D eigenvalue weighted by Gasteiger charge is 2.36. The van der Waals surface area contributed by atoms with Crippen LogP contribution in [0.4, 0.5) is 11.4 Å². The van der Waals surface area contributed by atoms with Crippen LogP contribution in [0.2, 0.25) is 0 Å². The number of hydrogen-bond acceptors (Lipinski definition) is 4. The van der Waals surface area contributed by atoms with Crippen LogP contribution in [-0.2, 0) is 0 Å². The minimum atomic E-state index is 0.411. The summed E-state index contributed by atoms with van der Waals surface area (Å²) in [6.45, 7) is 0. The minimum absolute atomic E-state index is 0.411. The minimum Gasteiger partial charge on any atom is -0.497 e. The van der Waals surface area contributed by atoms with Gasteiger partial charge in [-0.2, -0.15) is 0 Å². The van der Waals surface area contributed by atoms with Crippen molar-refractivity contribution in [3.8, 4) is 11.5 Å². The fourth-order valence-electron chi connectivity index (χ4n) is 5.75. The predicted octanol–water partition coefficient (Wildman–Crippen LogP) is 7.13. The first-order valence-corrected chi connectivity index (χ1v) is 12.6. The van der Waals surface area contributed by atoms with E-state index in [0.717, 1.165) is 11.5 Å². The molecule has 4 heteroatoms. The third-order valence-electron chi connectivity index (χ3n) is 7.55. The fourth-order valence-corrected chi connectivity index (χ4v) is 5.75. The van der Waals surface area contributed by atoms with E-state index in [4.69, 9.17) is 9.47 Å². The molecule has 2 N–H and O–H groups in total. The van der Waals surface area contributed by atoms with Crippen molar-refractivity contribution < 1.29 is 9.47 Å². The van der Waals surface area contributed by atoms with Gasteiger partial charge in [0.25, 0.3) is 0 Å². The van der Waals surface area contributed by atoms with E-state index in [-0.39, 0.29) is 0 Å². The van der Waals surface area contributed by atoms with E-state index in [1.807, 2.05) is 0 Å². The van der Waals surface area contributed by atoms with E-state index in [0.29, 0.717) is 23.9 Å². The normalized spacial score (nSPS) is 19.7. The van der Waals surface area contributed by atoms with Crippen LogP contribution < -0.4 is 20.1 Å². The molecule has 2 aliphatic rings. The van der Waals surface area contributed by atoms with Gasteiger partial charge < -0.3 is 20.1 Å². The van der Waals surface area contributed by atoms with Crippen LogP contribution in [0.5, 0.6) is 11.5 Å². The Morgan fingerprint density at radius 2 is 0.906 bits per heavy atom. The lowest BCUT2D eigenvalue weighted by molar-refractivity contribution is 0.233. The fraction of sp³-hybridized carbons (Fsp3) is 0.571. The molecule has 174 valence electrons. The van der Waals surface area contributed by atoms with Crippen LogP contribution >= 0.6 is 0 Å². The summed E-state index contributed by atoms with van der Waals surface area (Å²) in [7, 11) is 3.45. The zero-order chi connectivity index (χ0) is 22.2. The van der Waals surface area contributed by atoms with Gasteiger partial charge in [0, 0.05) is 23.5 Å². The number of methoxy groups -OCH3 is 2. The second-order valence-electron chi connectivity index (χ2n) is 9.59. The molecule has 0 radical (unpaired) electrons. The Hall–Kier alpha value is -2.36. The van der Waals surface area contributed by atoms with Crippen LogP contribution in [0, 0.1) is 11.8 Å². The molecule has 0 aliphatic heterocycles. The standard InChI is InChI=1S/C28H40N2O2/c1-31-25-17-13-23(14-18-25)29-27(21-9-5-3-6-10-21)28(22-11-7-4-8-12-22)30-24-15-19-26(32-2)20-16-24/h13-22,27-30H,3-12H2,1-2H3. The maximum atomic E-state index is 5.38. The molecular formula is C28H40N2O2. The van der Waals surface area contributed by atoms with E-state index in [1.165, 1.54) is 75.6 Å². The number of benzene rings is 2. The van der Waals surface area contributed by atoms with Gasteiger partial charge in [0.15, 0.2) is 0 Å². The van der Waals surface area contributed by atoms with Crippen molar-refractivity contribution in [3.63, 3.8) is 0 Å². The largest absolute Gasteiger partial charge is 0.497 e. The van der Waals surface area contributed by atoms with Gasteiger partial charge in [-0.05, 0) is 86.1 Å². The first kappa shape index (κ1) is 22.8. The number of hydrogen-bond donors (Lipinski definition) is 2. The summed E-state index contributed by atoms with van der Waals surface area (Å²) in [5.74, 6) is 3.21. The molecule has 0 aromatic heterocycles. The SMILES string of the molecule is COc1ccc(NC(C2CCCCC2)C(Nc2ccc(OC)cc2)C2CCCCC2)cc1. The molecule has 0 saturated heterocycles. The molecule has 2 atom stereocenters. The maximum Gasteiger partial charge on any atom is 0.119 e. The van der Waals surface area contributed by atoms with Gasteiger partial charge in [-0.25, -0.2) is 0 Å². The molecular weight excluding hydrogens is 396 g/mol. The summed E-state index contributed by atoms with van der Waals surface area (Å²) in [5, 5.41) is 7.99. The lowest BCUT2D eigenvalue weighted by Gasteiger charge is -2.42. The van der Waals surface area contributed by atoms with Gasteiger partial charge in [-0.3, -0.25) is 0 Å². The lowest BCUT2D eigenvalue weighted by Crippen LogP contribution is -2.49. The molecule has 4 nitrogen and oxygen atoms in total. The smallest absolute Gasteiger partial charge is 0.119 e. The summed E-state index contributed by atoms with van der Waals surface area (Å²) >= 11 is 0. The van der Waals surface area contributed by atoms with E-state index in [2.05, 4.69) is 59.2 Å². The van der Waals surface area contributed by atoms with Crippen molar-refractivity contribution >= 4 is 11.4 Å². The quantitative estimate of drug-likeness (QED) is 0.439. The number of nitrogens with one attached hydrogen (secondary N) is 2. The number of ether oxygens (including phenoxy) is 2. The third kappa shape index (κ3) is 5.90. The first-order valence-electron chi connectivity index (χ1n) is 12.6. The molecule has 2 aliphatic carbocycles. The van der Waals surface area contributed by atoms with E-state index in [1.54, 1.807) is 14.2 Å². The van der Waals surface area contributed by atoms with Crippen LogP contribution in [-0.4, -0.2) is 26.3 Å². The Morgan fingerprint density at radius 1 is 0.562 bits per heavy atom. The summed E-state index contributed by atoms with van der Waals surface area (Å²) in [6.07, 6.45) is 13.5. The van der Waals surface area contributed by atoms with Gasteiger partial charge >= 0.3 is 0 Å². The highest BCUT2D eigenvalue weighted by molar-refractivity contribution is 5.51. The molecule has 32 heavy (non-hydrogen) atoms. The van der Waals surface area contributed by atoms with Crippen LogP contribution in [0.1, 0.15) is 64.2 Å². The van der Waals surface area contributed by atoms with Gasteiger partial charge in [0.2, 0.25) is 0 Å². The molecule has 2 saturated carbocycles. The molecule has 2 aromatic carbocycles. The van der Waals surface area contributed by atoms with Gasteiger partial charge in [0.1, 0.15) is 11.5 Å². The molecule has 2 fully saturated rings. The van der Waals surface area contributed by atoms with Crippen molar-refractivity contribution in [2.24, 2.45) is 11.8 Å². The highest BCUT2D eigenvalue weighted by Crippen LogP contribution is 2.37. The predicted molar refractivity (Wildman–Crippen MR) is 134 cm³/mol. The van der Waals surface area contributed by atoms with E-state index < -0.39 is 0 Å². The monoisotopic (exact) mass is 436 g/mol. The molecule has 4 rings (SSSR count). The Morgan fingerprint density at radius 3 is 1.22 bits per heavy atom. The van der Waals surface area contributed by atoms with Gasteiger partial charge in [0.05, 0.1) is 14.2 Å². The van der Waals surface area contributed by atoms with Crippen molar-refractivity contribution in [2.75, 3.05) is 24.9 Å². The van der Waals surface area contributed by atoms with Gasteiger partial charge in [-0.15, -0.1) is 0 Å². The van der Waals surface area contributed by atoms with Crippen molar-refractivity contribution in [2.45, 2.75) is 76.3 Å². The lowest BCUT2D eigenvalue weighted by atomic mass is 9.73. The zero-order valence-corrected chi connectivity index (χ0v) is 19.8. The van der Waals surface area contributed by atoms with Crippen LogP contribution in [0.15, 0.2) is 48.5 Å². The Bertz CT molecular complexity index is 724. The maximum absolute atomic E-state index is 5.38. The Labute approximate surface area is 194 Å². The Kier molecular flexibility index (Phi) is 8.19. The zero-order valence-electron chi connectivity index (χ0n) is 19.8. The second-order valence-corrected chi connectivity index (χ2v) is 9.59. The van der Waals surface area contributed by atoms with E-state index in [9.17, 15) is 0 Å². The molecule has 2 aromatic rings. The molecule has 2 unspecified atom stereocenters. The number of rotatable bonds is 9. The summed E-state index contributed by atoms with van der Waals surface area (Å²) in [4.78, 5) is 0. The second kappa shape index (κ2) is 11.5. The average molecular weight is 437 g/mol. The van der Waals surface area contributed by atoms with E-state index >= 15 is 0 Å². The summed E-state index contributed by atoms with van der Waals surface area (Å²) in [5.41, 5.74) is 2.39. The molecule has 0 amide bonds. The van der Waals surface area contributed by atoms with Crippen molar-refractivity contribution in [1.29, 1.82) is 0 Å². The van der Waals surface area contributed by atoms with Crippen molar-refractivity contribution in [1.82, 2.24) is 0 Å². The Balaban J connectivity index is 1.61. The summed E-state index contributed by atoms with van der Waals surface area (Å²) < 4.78 is 10.8. The average Bonchev–Trinajstić information content (AvgIpc) is 2.88. The molecule has 0 heterocycles.